The van der Waals surface area contributed by atoms with Gasteiger partial charge in [0.1, 0.15) is 29.5 Å². The molecule has 0 fully saturated rings. The van der Waals surface area contributed by atoms with Crippen molar-refractivity contribution in [2.75, 3.05) is 19.0 Å². The van der Waals surface area contributed by atoms with Gasteiger partial charge in [-0.1, -0.05) is 0 Å². The Balaban J connectivity index is 1.57. The Hall–Kier alpha value is -4.11. The number of hydrogen-bond donors (Lipinski definition) is 1. The highest BCUT2D eigenvalue weighted by Gasteiger charge is 2.33. The Morgan fingerprint density at radius 1 is 1.21 bits per heavy atom. The predicted molar refractivity (Wildman–Crippen MR) is 132 cm³/mol. The number of methoxy groups -OCH3 is 1. The van der Waals surface area contributed by atoms with Crippen LogP contribution >= 0.6 is 11.3 Å². The van der Waals surface area contributed by atoms with Crippen molar-refractivity contribution < 1.29 is 27.5 Å². The van der Waals surface area contributed by atoms with E-state index in [9.17, 15) is 32.3 Å². The first kappa shape index (κ1) is 26.9. The maximum absolute atomic E-state index is 13.2. The Labute approximate surface area is 216 Å². The molecule has 200 valence electrons. The van der Waals surface area contributed by atoms with Crippen molar-refractivity contribution in [2.45, 2.75) is 26.2 Å². The number of nitrogens with one attached hydrogen (secondary N) is 1. The summed E-state index contributed by atoms with van der Waals surface area (Å²) in [4.78, 5) is 58.4. The number of alkyl halides is 3. The normalized spacial score (nSPS) is 11.7. The number of Topliss-reactive ketones (excluding diaryl/α,β-unsaturated/α-hetero) is 1. The number of rotatable bonds is 8. The highest BCUT2D eigenvalue weighted by molar-refractivity contribution is 7.13. The number of carbonyl (C=O) groups is 2. The van der Waals surface area contributed by atoms with Crippen molar-refractivity contribution in [3.05, 3.63) is 62.0 Å². The smallest absolute Gasteiger partial charge is 0.377 e. The fourth-order valence-corrected chi connectivity index (χ4v) is 4.59. The molecule has 0 saturated heterocycles. The van der Waals surface area contributed by atoms with Gasteiger partial charge in [0.05, 0.1) is 17.6 Å². The van der Waals surface area contributed by atoms with Gasteiger partial charge in [-0.25, -0.2) is 9.78 Å². The maximum Gasteiger partial charge on any atom is 0.418 e. The minimum atomic E-state index is -4.57. The summed E-state index contributed by atoms with van der Waals surface area (Å²) in [5.41, 5.74) is -2.01. The number of aryl methyl sites for hydroxylation is 2. The molecular weight excluding hydrogens is 529 g/mol. The van der Waals surface area contributed by atoms with E-state index in [0.717, 1.165) is 22.0 Å². The number of pyridine rings is 1. The number of halogens is 3. The molecule has 0 atom stereocenters. The molecule has 0 aliphatic carbocycles. The van der Waals surface area contributed by atoms with Crippen LogP contribution in [-0.4, -0.2) is 49.1 Å². The summed E-state index contributed by atoms with van der Waals surface area (Å²) in [6.45, 7) is 0.163. The van der Waals surface area contributed by atoms with Gasteiger partial charge in [0.25, 0.3) is 5.56 Å². The zero-order valence-electron chi connectivity index (χ0n) is 20.3. The lowest BCUT2D eigenvalue weighted by Gasteiger charge is -2.10. The standard InChI is InChI=1S/C23H21F3N6O5S/c1-12-15(23(24,25)26)6-13(7-27-12)20-29-17(11-38-20)28-18(34)9-31-5-4-16-19(31)21(35)32(22(36)30(16)2)8-14(33)10-37-3/h4-7,11H,8-10H2,1-3H3,(H,28,34). The third-order valence-corrected chi connectivity index (χ3v) is 6.53. The van der Waals surface area contributed by atoms with E-state index in [1.54, 1.807) is 0 Å². The van der Waals surface area contributed by atoms with Crippen LogP contribution in [0.3, 0.4) is 0 Å². The van der Waals surface area contributed by atoms with E-state index in [1.165, 1.54) is 54.1 Å². The molecule has 4 aromatic rings. The van der Waals surface area contributed by atoms with Gasteiger partial charge in [-0.3, -0.25) is 28.5 Å². The maximum atomic E-state index is 13.2. The SMILES string of the molecule is COCC(=O)Cn1c(=O)c2c(ccn2CC(=O)Nc2csc(-c3cnc(C)c(C(F)(F)F)c3)n2)n(C)c1=O. The van der Waals surface area contributed by atoms with Crippen LogP contribution in [0.15, 0.2) is 39.5 Å². The first-order chi connectivity index (χ1) is 17.9. The van der Waals surface area contributed by atoms with Crippen LogP contribution in [0.1, 0.15) is 11.3 Å². The van der Waals surface area contributed by atoms with Crippen LogP contribution in [0.2, 0.25) is 0 Å². The number of ether oxygens (including phenoxy) is 1. The molecule has 0 unspecified atom stereocenters. The van der Waals surface area contributed by atoms with E-state index in [1.807, 2.05) is 0 Å². The molecule has 0 saturated carbocycles. The number of aromatic nitrogens is 5. The summed E-state index contributed by atoms with van der Waals surface area (Å²) in [6.07, 6.45) is -1.84. The molecule has 4 heterocycles. The van der Waals surface area contributed by atoms with E-state index < -0.39 is 41.2 Å². The molecule has 38 heavy (non-hydrogen) atoms. The fraction of sp³-hybridized carbons (Fsp3) is 0.304. The Kier molecular flexibility index (Phi) is 7.33. The molecule has 11 nitrogen and oxygen atoms in total. The van der Waals surface area contributed by atoms with E-state index in [2.05, 4.69) is 15.3 Å². The van der Waals surface area contributed by atoms with E-state index in [0.29, 0.717) is 0 Å². The van der Waals surface area contributed by atoms with Crippen molar-refractivity contribution in [2.24, 2.45) is 7.05 Å². The number of nitrogens with zero attached hydrogens (tertiary/aromatic N) is 5. The lowest BCUT2D eigenvalue weighted by atomic mass is 10.1. The molecule has 0 aliphatic heterocycles. The summed E-state index contributed by atoms with van der Waals surface area (Å²) in [7, 11) is 2.75. The minimum absolute atomic E-state index is 0.0387. The second-order valence-electron chi connectivity index (χ2n) is 8.32. The largest absolute Gasteiger partial charge is 0.418 e. The molecule has 15 heteroatoms. The first-order valence-electron chi connectivity index (χ1n) is 11.0. The van der Waals surface area contributed by atoms with Gasteiger partial charge in [0.15, 0.2) is 5.78 Å². The van der Waals surface area contributed by atoms with E-state index in [4.69, 9.17) is 4.74 Å². The summed E-state index contributed by atoms with van der Waals surface area (Å²) in [5.74, 6) is -0.949. The molecule has 1 N–H and O–H groups in total. The van der Waals surface area contributed by atoms with Crippen LogP contribution in [0.25, 0.3) is 21.6 Å². The third-order valence-electron chi connectivity index (χ3n) is 5.63. The second-order valence-corrected chi connectivity index (χ2v) is 9.18. The zero-order chi connectivity index (χ0) is 27.8. The van der Waals surface area contributed by atoms with Gasteiger partial charge in [0, 0.05) is 43.2 Å². The number of amides is 1. The van der Waals surface area contributed by atoms with Gasteiger partial charge in [-0.15, -0.1) is 11.3 Å². The van der Waals surface area contributed by atoms with Gasteiger partial charge < -0.3 is 14.6 Å². The number of anilines is 1. The minimum Gasteiger partial charge on any atom is -0.377 e. The molecule has 0 bridgehead atoms. The van der Waals surface area contributed by atoms with Gasteiger partial charge in [-0.05, 0) is 19.1 Å². The van der Waals surface area contributed by atoms with Gasteiger partial charge in [-0.2, -0.15) is 13.2 Å². The summed E-state index contributed by atoms with van der Waals surface area (Å²) >= 11 is 1.02. The number of ketones is 1. The molecule has 4 rings (SSSR count). The monoisotopic (exact) mass is 550 g/mol. The average molecular weight is 551 g/mol. The Morgan fingerprint density at radius 2 is 1.95 bits per heavy atom. The van der Waals surface area contributed by atoms with E-state index >= 15 is 0 Å². The van der Waals surface area contributed by atoms with Crippen LogP contribution in [0, 0.1) is 6.92 Å². The molecular formula is C23H21F3N6O5S. The number of carbonyl (C=O) groups excluding carboxylic acids is 2. The molecule has 0 aliphatic rings. The van der Waals surface area contributed by atoms with Crippen LogP contribution in [0.4, 0.5) is 19.0 Å². The van der Waals surface area contributed by atoms with Crippen LogP contribution < -0.4 is 16.6 Å². The first-order valence-corrected chi connectivity index (χ1v) is 11.9. The summed E-state index contributed by atoms with van der Waals surface area (Å²) in [6, 6.07) is 2.45. The highest BCUT2D eigenvalue weighted by atomic mass is 32.1. The molecule has 4 aromatic heterocycles. The van der Waals surface area contributed by atoms with Crippen LogP contribution in [-0.2, 0) is 40.6 Å². The molecule has 0 radical (unpaired) electrons. The predicted octanol–water partition coefficient (Wildman–Crippen LogP) is 2.20. The van der Waals surface area contributed by atoms with Crippen molar-refractivity contribution in [1.29, 1.82) is 0 Å². The molecule has 0 aromatic carbocycles. The summed E-state index contributed by atoms with van der Waals surface area (Å²) in [5, 5.41) is 4.24. The van der Waals surface area contributed by atoms with Crippen molar-refractivity contribution in [1.82, 2.24) is 23.7 Å². The average Bonchev–Trinajstić information content (AvgIpc) is 3.47. The topological polar surface area (TPSA) is 130 Å². The number of fused-ring (bicyclic) bond motifs is 1. The lowest BCUT2D eigenvalue weighted by Crippen LogP contribution is -2.41. The van der Waals surface area contributed by atoms with Gasteiger partial charge >= 0.3 is 11.9 Å². The quantitative estimate of drug-likeness (QED) is 0.356. The van der Waals surface area contributed by atoms with Crippen LogP contribution in [0.5, 0.6) is 0 Å². The molecule has 0 spiro atoms. The van der Waals surface area contributed by atoms with Gasteiger partial charge in [0.2, 0.25) is 5.91 Å². The highest BCUT2D eigenvalue weighted by Crippen LogP contribution is 2.34. The fourth-order valence-electron chi connectivity index (χ4n) is 3.86. The zero-order valence-corrected chi connectivity index (χ0v) is 21.1. The second kappa shape index (κ2) is 10.3. The Morgan fingerprint density at radius 3 is 2.63 bits per heavy atom. The number of thiazole rings is 1. The molecule has 1 amide bonds. The Bertz CT molecular complexity index is 1670. The summed E-state index contributed by atoms with van der Waals surface area (Å²) < 4.78 is 47.7. The number of hydrogen-bond acceptors (Lipinski definition) is 8. The van der Waals surface area contributed by atoms with Crippen molar-refractivity contribution in [3.8, 4) is 10.6 Å². The van der Waals surface area contributed by atoms with Crippen molar-refractivity contribution >= 4 is 39.9 Å². The lowest BCUT2D eigenvalue weighted by molar-refractivity contribution is -0.138. The third kappa shape index (κ3) is 5.28. The van der Waals surface area contributed by atoms with E-state index in [-0.39, 0.29) is 46.3 Å². The van der Waals surface area contributed by atoms with Crippen molar-refractivity contribution in [3.63, 3.8) is 0 Å².